The SMILES string of the molecule is CN(Cc1ccc(F)c(C#CCO)c1)Cc1cnn(C)c1. The van der Waals surface area contributed by atoms with Crippen molar-refractivity contribution in [3.63, 3.8) is 0 Å². The molecule has 0 amide bonds. The first kappa shape index (κ1) is 15.2. The minimum Gasteiger partial charge on any atom is -0.384 e. The number of aliphatic hydroxyl groups excluding tert-OH is 1. The second kappa shape index (κ2) is 7.02. The van der Waals surface area contributed by atoms with E-state index >= 15 is 0 Å². The monoisotopic (exact) mass is 287 g/mol. The van der Waals surface area contributed by atoms with Crippen LogP contribution in [0.15, 0.2) is 30.6 Å². The van der Waals surface area contributed by atoms with E-state index in [0.717, 1.165) is 17.7 Å². The van der Waals surface area contributed by atoms with Crippen molar-refractivity contribution < 1.29 is 9.50 Å². The molecule has 0 aliphatic carbocycles. The minimum absolute atomic E-state index is 0.273. The van der Waals surface area contributed by atoms with Gasteiger partial charge in [-0.05, 0) is 24.7 Å². The summed E-state index contributed by atoms with van der Waals surface area (Å²) < 4.78 is 15.3. The predicted octanol–water partition coefficient (Wildman–Crippen LogP) is 1.53. The summed E-state index contributed by atoms with van der Waals surface area (Å²) in [7, 11) is 3.88. The van der Waals surface area contributed by atoms with Crippen LogP contribution in [0, 0.1) is 17.7 Å². The highest BCUT2D eigenvalue weighted by atomic mass is 19.1. The first-order valence-corrected chi connectivity index (χ1v) is 6.62. The molecule has 0 bridgehead atoms. The summed E-state index contributed by atoms with van der Waals surface area (Å²) in [6, 6.07) is 4.88. The lowest BCUT2D eigenvalue weighted by molar-refractivity contribution is 0.319. The van der Waals surface area contributed by atoms with E-state index in [1.807, 2.05) is 26.5 Å². The molecule has 0 atom stereocenters. The van der Waals surface area contributed by atoms with Crippen LogP contribution < -0.4 is 0 Å². The molecule has 0 saturated heterocycles. The van der Waals surface area contributed by atoms with Gasteiger partial charge in [-0.25, -0.2) is 4.39 Å². The molecule has 1 aromatic heterocycles. The standard InChI is InChI=1S/C16H18FN3O/c1-19(11-14-9-18-20(2)12-14)10-13-5-6-16(17)15(8-13)4-3-7-21/h5-6,8-9,12,21H,7,10-11H2,1-2H3. The first-order valence-electron chi connectivity index (χ1n) is 6.62. The van der Waals surface area contributed by atoms with Crippen LogP contribution in [0.1, 0.15) is 16.7 Å². The van der Waals surface area contributed by atoms with Crippen molar-refractivity contribution in [2.24, 2.45) is 7.05 Å². The van der Waals surface area contributed by atoms with Crippen molar-refractivity contribution >= 4 is 0 Å². The van der Waals surface area contributed by atoms with Crippen LogP contribution in [0.3, 0.4) is 0 Å². The Morgan fingerprint density at radius 2 is 2.10 bits per heavy atom. The zero-order chi connectivity index (χ0) is 15.2. The number of benzene rings is 1. The molecule has 1 aromatic carbocycles. The Morgan fingerprint density at radius 3 is 2.76 bits per heavy atom. The summed E-state index contributed by atoms with van der Waals surface area (Å²) in [6.07, 6.45) is 3.80. The van der Waals surface area contributed by atoms with Crippen molar-refractivity contribution in [1.82, 2.24) is 14.7 Å². The largest absolute Gasteiger partial charge is 0.384 e. The number of aromatic nitrogens is 2. The Kier molecular flexibility index (Phi) is 5.09. The molecule has 2 rings (SSSR count). The molecule has 0 aliphatic heterocycles. The average molecular weight is 287 g/mol. The van der Waals surface area contributed by atoms with Gasteiger partial charge in [-0.2, -0.15) is 5.10 Å². The van der Waals surface area contributed by atoms with Gasteiger partial charge in [-0.15, -0.1) is 0 Å². The van der Waals surface area contributed by atoms with Gasteiger partial charge in [-0.3, -0.25) is 9.58 Å². The topological polar surface area (TPSA) is 41.3 Å². The smallest absolute Gasteiger partial charge is 0.138 e. The van der Waals surface area contributed by atoms with Crippen LogP contribution in [0.2, 0.25) is 0 Å². The second-order valence-electron chi connectivity index (χ2n) is 4.97. The second-order valence-corrected chi connectivity index (χ2v) is 4.97. The van der Waals surface area contributed by atoms with Gasteiger partial charge in [0.2, 0.25) is 0 Å². The van der Waals surface area contributed by atoms with Crippen LogP contribution >= 0.6 is 0 Å². The van der Waals surface area contributed by atoms with E-state index in [2.05, 4.69) is 21.8 Å². The van der Waals surface area contributed by atoms with E-state index in [4.69, 9.17) is 5.11 Å². The highest BCUT2D eigenvalue weighted by Gasteiger charge is 2.06. The molecular formula is C16H18FN3O. The lowest BCUT2D eigenvalue weighted by Gasteiger charge is -2.16. The summed E-state index contributed by atoms with van der Waals surface area (Å²) >= 11 is 0. The molecule has 0 spiro atoms. The number of rotatable bonds is 4. The Bertz CT molecular complexity index is 670. The molecule has 0 saturated carbocycles. The van der Waals surface area contributed by atoms with Crippen molar-refractivity contribution in [2.75, 3.05) is 13.7 Å². The van der Waals surface area contributed by atoms with Crippen molar-refractivity contribution in [1.29, 1.82) is 0 Å². The Morgan fingerprint density at radius 1 is 1.33 bits per heavy atom. The molecular weight excluding hydrogens is 269 g/mol. The van der Waals surface area contributed by atoms with Crippen molar-refractivity contribution in [3.05, 3.63) is 53.1 Å². The van der Waals surface area contributed by atoms with Gasteiger partial charge in [0.25, 0.3) is 0 Å². The normalized spacial score (nSPS) is 10.5. The zero-order valence-corrected chi connectivity index (χ0v) is 12.2. The van der Waals surface area contributed by atoms with Gasteiger partial charge >= 0.3 is 0 Å². The number of halogens is 1. The van der Waals surface area contributed by atoms with E-state index in [1.165, 1.54) is 6.07 Å². The third-order valence-electron chi connectivity index (χ3n) is 3.00. The molecule has 0 unspecified atom stereocenters. The molecule has 21 heavy (non-hydrogen) atoms. The molecule has 0 aliphatic rings. The number of hydrogen-bond donors (Lipinski definition) is 1. The molecule has 2 aromatic rings. The Balaban J connectivity index is 2.05. The van der Waals surface area contributed by atoms with Crippen molar-refractivity contribution in [3.8, 4) is 11.8 Å². The van der Waals surface area contributed by atoms with E-state index in [9.17, 15) is 4.39 Å². The fourth-order valence-corrected chi connectivity index (χ4v) is 2.13. The van der Waals surface area contributed by atoms with E-state index < -0.39 is 0 Å². The first-order chi connectivity index (χ1) is 10.1. The van der Waals surface area contributed by atoms with Gasteiger partial charge in [0.05, 0.1) is 11.8 Å². The Hall–Kier alpha value is -2.16. The van der Waals surface area contributed by atoms with Crippen molar-refractivity contribution in [2.45, 2.75) is 13.1 Å². The summed E-state index contributed by atoms with van der Waals surface area (Å²) in [4.78, 5) is 2.12. The lowest BCUT2D eigenvalue weighted by Crippen LogP contribution is -2.17. The quantitative estimate of drug-likeness (QED) is 0.867. The molecule has 1 N–H and O–H groups in total. The number of hydrogen-bond acceptors (Lipinski definition) is 3. The molecule has 1 heterocycles. The average Bonchev–Trinajstić information content (AvgIpc) is 2.84. The maximum atomic E-state index is 13.6. The third kappa shape index (κ3) is 4.42. The molecule has 0 fully saturated rings. The van der Waals surface area contributed by atoms with Crippen LogP contribution in [0.4, 0.5) is 4.39 Å². The van der Waals surface area contributed by atoms with Gasteiger partial charge in [0.1, 0.15) is 12.4 Å². The maximum absolute atomic E-state index is 13.6. The van der Waals surface area contributed by atoms with Gasteiger partial charge in [0, 0.05) is 31.9 Å². The summed E-state index contributed by atoms with van der Waals surface area (Å²) in [5.41, 5.74) is 2.42. The highest BCUT2D eigenvalue weighted by molar-refractivity contribution is 5.38. The molecule has 5 heteroatoms. The number of aryl methyl sites for hydroxylation is 1. The van der Waals surface area contributed by atoms with Crippen LogP contribution in [0.25, 0.3) is 0 Å². The zero-order valence-electron chi connectivity index (χ0n) is 12.2. The van der Waals surface area contributed by atoms with Crippen LogP contribution in [-0.4, -0.2) is 33.4 Å². The fourth-order valence-electron chi connectivity index (χ4n) is 2.13. The predicted molar refractivity (Wildman–Crippen MR) is 78.7 cm³/mol. The number of aliphatic hydroxyl groups is 1. The maximum Gasteiger partial charge on any atom is 0.138 e. The highest BCUT2D eigenvalue weighted by Crippen LogP contribution is 2.12. The van der Waals surface area contributed by atoms with Gasteiger partial charge in [0.15, 0.2) is 0 Å². The minimum atomic E-state index is -0.366. The summed E-state index contributed by atoms with van der Waals surface area (Å²) in [5, 5.41) is 12.8. The fraction of sp³-hybridized carbons (Fsp3) is 0.312. The number of nitrogens with zero attached hydrogens (tertiary/aromatic N) is 3. The Labute approximate surface area is 123 Å². The van der Waals surface area contributed by atoms with Crippen LogP contribution in [0.5, 0.6) is 0 Å². The molecule has 110 valence electrons. The van der Waals surface area contributed by atoms with Crippen LogP contribution in [-0.2, 0) is 20.1 Å². The van der Waals surface area contributed by atoms with E-state index in [1.54, 1.807) is 16.8 Å². The van der Waals surface area contributed by atoms with Gasteiger partial charge < -0.3 is 5.11 Å². The molecule has 4 nitrogen and oxygen atoms in total. The molecule has 0 radical (unpaired) electrons. The lowest BCUT2D eigenvalue weighted by atomic mass is 10.1. The van der Waals surface area contributed by atoms with E-state index in [-0.39, 0.29) is 12.4 Å². The van der Waals surface area contributed by atoms with Gasteiger partial charge in [-0.1, -0.05) is 17.9 Å². The van der Waals surface area contributed by atoms with E-state index in [0.29, 0.717) is 12.1 Å². The third-order valence-corrected chi connectivity index (χ3v) is 3.00. The summed E-state index contributed by atoms with van der Waals surface area (Å²) in [5.74, 6) is 4.73. The summed E-state index contributed by atoms with van der Waals surface area (Å²) in [6.45, 7) is 1.18.